The van der Waals surface area contributed by atoms with Gasteiger partial charge in [0.15, 0.2) is 5.82 Å². The van der Waals surface area contributed by atoms with E-state index in [-0.39, 0.29) is 24.5 Å². The highest BCUT2D eigenvalue weighted by Crippen LogP contribution is 2.27. The number of ether oxygens (including phenoxy) is 2. The molecule has 1 heterocycles. The van der Waals surface area contributed by atoms with Gasteiger partial charge in [-0.05, 0) is 12.3 Å². The molecule has 1 aliphatic carbocycles. The van der Waals surface area contributed by atoms with E-state index in [4.69, 9.17) is 9.47 Å². The van der Waals surface area contributed by atoms with Crippen LogP contribution in [0.2, 0.25) is 0 Å². The van der Waals surface area contributed by atoms with E-state index < -0.39 is 0 Å². The molecule has 7 nitrogen and oxygen atoms in total. The molecule has 0 atom stereocenters. The van der Waals surface area contributed by atoms with E-state index in [1.165, 1.54) is 46.3 Å². The number of carbonyl (C=O) groups excluding carboxylic acids is 1. The summed E-state index contributed by atoms with van der Waals surface area (Å²) in [5.74, 6) is 1.16. The molecule has 22 heavy (non-hydrogen) atoms. The predicted octanol–water partition coefficient (Wildman–Crippen LogP) is 1.87. The molecule has 1 amide bonds. The molecule has 0 bridgehead atoms. The van der Waals surface area contributed by atoms with Crippen LogP contribution in [-0.2, 0) is 11.3 Å². The Labute approximate surface area is 130 Å². The zero-order chi connectivity index (χ0) is 15.8. The predicted molar refractivity (Wildman–Crippen MR) is 80.6 cm³/mol. The maximum absolute atomic E-state index is 11.9. The average Bonchev–Trinajstić information content (AvgIpc) is 2.58. The first kappa shape index (κ1) is 16.5. The molecule has 2 rings (SSSR count). The largest absolute Gasteiger partial charge is 0.467 e. The van der Waals surface area contributed by atoms with Crippen molar-refractivity contribution in [1.29, 1.82) is 0 Å². The number of aromatic nitrogens is 3. The van der Waals surface area contributed by atoms with Crippen LogP contribution >= 0.6 is 0 Å². The Balaban J connectivity index is 1.77. The van der Waals surface area contributed by atoms with Gasteiger partial charge in [0.1, 0.15) is 0 Å². The lowest BCUT2D eigenvalue weighted by Crippen LogP contribution is -2.25. The monoisotopic (exact) mass is 308 g/mol. The fourth-order valence-electron chi connectivity index (χ4n) is 2.72. The number of rotatable bonds is 7. The molecule has 7 heteroatoms. The molecule has 1 saturated carbocycles. The van der Waals surface area contributed by atoms with Gasteiger partial charge in [-0.3, -0.25) is 4.79 Å². The summed E-state index contributed by atoms with van der Waals surface area (Å²) in [6, 6.07) is 0.358. The van der Waals surface area contributed by atoms with Crippen LogP contribution < -0.4 is 14.8 Å². The van der Waals surface area contributed by atoms with Crippen LogP contribution in [-0.4, -0.2) is 35.1 Å². The van der Waals surface area contributed by atoms with Gasteiger partial charge in [-0.2, -0.15) is 9.97 Å². The van der Waals surface area contributed by atoms with Crippen molar-refractivity contribution in [3.63, 3.8) is 0 Å². The Morgan fingerprint density at radius 2 is 1.73 bits per heavy atom. The lowest BCUT2D eigenvalue weighted by molar-refractivity contribution is -0.121. The third-order valence-electron chi connectivity index (χ3n) is 3.95. The van der Waals surface area contributed by atoms with E-state index in [2.05, 4.69) is 20.3 Å². The number of hydrogen-bond donors (Lipinski definition) is 1. The number of methoxy groups -OCH3 is 2. The van der Waals surface area contributed by atoms with Crippen LogP contribution in [0.4, 0.5) is 0 Å². The van der Waals surface area contributed by atoms with Gasteiger partial charge in [0.25, 0.3) is 0 Å². The minimum Gasteiger partial charge on any atom is -0.467 e. The fourth-order valence-corrected chi connectivity index (χ4v) is 2.72. The van der Waals surface area contributed by atoms with Crippen LogP contribution in [0.15, 0.2) is 0 Å². The molecule has 1 aromatic heterocycles. The molecular weight excluding hydrogens is 284 g/mol. The van der Waals surface area contributed by atoms with Crippen LogP contribution in [0.25, 0.3) is 0 Å². The summed E-state index contributed by atoms with van der Waals surface area (Å²) in [4.78, 5) is 24.0. The Bertz CT molecular complexity index is 467. The minimum absolute atomic E-state index is 0.0314. The van der Waals surface area contributed by atoms with Crippen molar-refractivity contribution in [3.8, 4) is 12.0 Å². The molecule has 122 valence electrons. The lowest BCUT2D eigenvalue weighted by Gasteiger charge is -2.20. The quantitative estimate of drug-likeness (QED) is 0.827. The lowest BCUT2D eigenvalue weighted by atomic mass is 9.86. The van der Waals surface area contributed by atoms with Crippen molar-refractivity contribution in [2.45, 2.75) is 51.5 Å². The normalized spacial score (nSPS) is 15.4. The summed E-state index contributed by atoms with van der Waals surface area (Å²) in [5.41, 5.74) is 0. The van der Waals surface area contributed by atoms with Crippen molar-refractivity contribution in [3.05, 3.63) is 5.82 Å². The summed E-state index contributed by atoms with van der Waals surface area (Å²) in [7, 11) is 2.95. The van der Waals surface area contributed by atoms with Gasteiger partial charge in [0.05, 0.1) is 20.8 Å². The van der Waals surface area contributed by atoms with E-state index in [1.54, 1.807) is 0 Å². The second kappa shape index (κ2) is 8.51. The highest BCUT2D eigenvalue weighted by atomic mass is 16.5. The average molecular weight is 308 g/mol. The summed E-state index contributed by atoms with van der Waals surface area (Å²) < 4.78 is 9.95. The molecule has 0 spiro atoms. The van der Waals surface area contributed by atoms with Crippen molar-refractivity contribution >= 4 is 5.91 Å². The molecular formula is C15H24N4O3. The van der Waals surface area contributed by atoms with Crippen LogP contribution in [0, 0.1) is 5.92 Å². The molecule has 0 radical (unpaired) electrons. The Morgan fingerprint density at radius 1 is 1.09 bits per heavy atom. The molecule has 1 fully saturated rings. The second-order valence-corrected chi connectivity index (χ2v) is 5.54. The zero-order valence-corrected chi connectivity index (χ0v) is 13.3. The van der Waals surface area contributed by atoms with Crippen LogP contribution in [0.1, 0.15) is 50.8 Å². The maximum atomic E-state index is 11.9. The van der Waals surface area contributed by atoms with E-state index in [1.807, 2.05) is 0 Å². The maximum Gasteiger partial charge on any atom is 0.322 e. The smallest absolute Gasteiger partial charge is 0.322 e. The zero-order valence-electron chi connectivity index (χ0n) is 13.3. The number of nitrogens with zero attached hydrogens (tertiary/aromatic N) is 3. The van der Waals surface area contributed by atoms with Gasteiger partial charge < -0.3 is 14.8 Å². The molecule has 1 N–H and O–H groups in total. The van der Waals surface area contributed by atoms with Crippen LogP contribution in [0.3, 0.4) is 0 Å². The Kier molecular flexibility index (Phi) is 6.36. The molecule has 0 aromatic carbocycles. The second-order valence-electron chi connectivity index (χ2n) is 5.54. The minimum atomic E-state index is 0.0314. The summed E-state index contributed by atoms with van der Waals surface area (Å²) in [6.45, 7) is 0.249. The third kappa shape index (κ3) is 5.13. The van der Waals surface area contributed by atoms with Crippen LogP contribution in [0.5, 0.6) is 12.0 Å². The SMILES string of the molecule is COc1nc(CNC(=O)CCC2CCCCC2)nc(OC)n1. The number of amides is 1. The highest BCUT2D eigenvalue weighted by molar-refractivity contribution is 5.75. The van der Waals surface area contributed by atoms with E-state index in [9.17, 15) is 4.79 Å². The molecule has 0 unspecified atom stereocenters. The standard InChI is InChI=1S/C15H24N4O3/c1-21-14-17-12(18-15(19-14)22-2)10-16-13(20)9-8-11-6-4-3-5-7-11/h11H,3-10H2,1-2H3,(H,16,20). The van der Waals surface area contributed by atoms with Crippen molar-refractivity contribution in [2.75, 3.05) is 14.2 Å². The first-order valence-corrected chi connectivity index (χ1v) is 7.81. The van der Waals surface area contributed by atoms with Crippen molar-refractivity contribution in [2.24, 2.45) is 5.92 Å². The van der Waals surface area contributed by atoms with Gasteiger partial charge in [0.2, 0.25) is 5.91 Å². The van der Waals surface area contributed by atoms with Gasteiger partial charge >= 0.3 is 12.0 Å². The van der Waals surface area contributed by atoms with Gasteiger partial charge in [-0.15, -0.1) is 4.98 Å². The third-order valence-corrected chi connectivity index (χ3v) is 3.95. The highest BCUT2D eigenvalue weighted by Gasteiger charge is 2.15. The topological polar surface area (TPSA) is 86.2 Å². The number of nitrogens with one attached hydrogen (secondary N) is 1. The number of hydrogen-bond acceptors (Lipinski definition) is 6. The van der Waals surface area contributed by atoms with Crippen molar-refractivity contribution < 1.29 is 14.3 Å². The van der Waals surface area contributed by atoms with Gasteiger partial charge in [-0.25, -0.2) is 0 Å². The first-order chi connectivity index (χ1) is 10.7. The Morgan fingerprint density at radius 3 is 2.32 bits per heavy atom. The molecule has 1 aromatic rings. The summed E-state index contributed by atoms with van der Waals surface area (Å²) in [5, 5.41) is 2.84. The van der Waals surface area contributed by atoms with Gasteiger partial charge in [0, 0.05) is 6.42 Å². The summed E-state index contributed by atoms with van der Waals surface area (Å²) >= 11 is 0. The Hall–Kier alpha value is -1.92. The van der Waals surface area contributed by atoms with E-state index in [0.29, 0.717) is 18.2 Å². The van der Waals surface area contributed by atoms with E-state index in [0.717, 1.165) is 6.42 Å². The number of carbonyl (C=O) groups is 1. The fraction of sp³-hybridized carbons (Fsp3) is 0.733. The summed E-state index contributed by atoms with van der Waals surface area (Å²) in [6.07, 6.45) is 7.99. The first-order valence-electron chi connectivity index (χ1n) is 7.81. The molecule has 0 aliphatic heterocycles. The van der Waals surface area contributed by atoms with Crippen molar-refractivity contribution in [1.82, 2.24) is 20.3 Å². The van der Waals surface area contributed by atoms with E-state index >= 15 is 0 Å². The molecule has 1 aliphatic rings. The molecule has 0 saturated heterocycles. The van der Waals surface area contributed by atoms with Gasteiger partial charge in [-0.1, -0.05) is 32.1 Å².